The van der Waals surface area contributed by atoms with Crippen LogP contribution in [-0.4, -0.2) is 42.7 Å². The molecule has 0 saturated heterocycles. The molecule has 0 saturated carbocycles. The molecule has 0 aromatic heterocycles. The summed E-state index contributed by atoms with van der Waals surface area (Å²) >= 11 is 0. The van der Waals surface area contributed by atoms with E-state index in [2.05, 4.69) is 4.74 Å². The zero-order chi connectivity index (χ0) is 22.4. The number of carbonyl (C=O) groups is 2. The Hall–Kier alpha value is -2.42. The number of ether oxygens (including phenoxy) is 1. The van der Waals surface area contributed by atoms with Crippen molar-refractivity contribution in [2.24, 2.45) is 0 Å². The lowest BCUT2D eigenvalue weighted by atomic mass is 10.2. The average molecular weight is 433 g/mol. The molecule has 11 heteroatoms. The summed E-state index contributed by atoms with van der Waals surface area (Å²) in [5.74, 6) is -1.67. The minimum absolute atomic E-state index is 0.130. The maximum absolute atomic E-state index is 13.2. The van der Waals surface area contributed by atoms with Crippen LogP contribution in [0.15, 0.2) is 24.3 Å². The number of carbonyl (C=O) groups excluding carboxylic acids is 2. The fourth-order valence-corrected chi connectivity index (χ4v) is 3.51. The highest BCUT2D eigenvalue weighted by Crippen LogP contribution is 2.47. The molecule has 162 valence electrons. The monoisotopic (exact) mass is 433 g/mol. The van der Waals surface area contributed by atoms with E-state index in [4.69, 9.17) is 9.05 Å². The van der Waals surface area contributed by atoms with E-state index in [1.165, 1.54) is 19.1 Å². The number of nitrogens with zero attached hydrogens (tertiary/aromatic N) is 1. The van der Waals surface area contributed by atoms with Gasteiger partial charge in [-0.15, -0.1) is 0 Å². The third kappa shape index (κ3) is 11.2. The van der Waals surface area contributed by atoms with Crippen LogP contribution >= 0.6 is 7.60 Å². The van der Waals surface area contributed by atoms with E-state index in [1.807, 2.05) is 0 Å². The normalized spacial score (nSPS) is 10.9. The van der Waals surface area contributed by atoms with E-state index in [-0.39, 0.29) is 18.6 Å². The molecule has 1 aromatic rings. The zero-order valence-corrected chi connectivity index (χ0v) is 17.6. The van der Waals surface area contributed by atoms with Crippen LogP contribution in [0.1, 0.15) is 33.3 Å². The Morgan fingerprint density at radius 3 is 2.17 bits per heavy atom. The van der Waals surface area contributed by atoms with Gasteiger partial charge in [-0.1, -0.05) is 0 Å². The van der Waals surface area contributed by atoms with Gasteiger partial charge in [-0.05, 0) is 51.5 Å². The van der Waals surface area contributed by atoms with Crippen LogP contribution in [0.4, 0.5) is 10.1 Å². The van der Waals surface area contributed by atoms with Crippen LogP contribution in [0, 0.1) is 15.9 Å². The lowest BCUT2D eigenvalue weighted by molar-refractivity contribution is -0.387. The summed E-state index contributed by atoms with van der Waals surface area (Å²) in [6.45, 7) is 7.30. The summed E-state index contributed by atoms with van der Waals surface area (Å²) in [6.07, 6.45) is 2.32. The van der Waals surface area contributed by atoms with Crippen LogP contribution in [0.5, 0.6) is 0 Å². The molecule has 0 atom stereocenters. The highest BCUT2D eigenvalue weighted by Gasteiger charge is 2.25. The number of Topliss-reactive ketones (excluding diaryl/α,β-unsaturated/α-hetero) is 1. The number of nitro groups is 1. The van der Waals surface area contributed by atoms with Crippen molar-refractivity contribution in [1.82, 2.24) is 0 Å². The fourth-order valence-electron chi connectivity index (χ4n) is 1.92. The standard InChI is InChI=1S/C11H10FNO4.C7H15O4P/c1-2-17-11(14)6-4-8-3-5-10(13(15)16)9(12)7-8;1-4-10-12(9,11-5-2)6-7(3)8/h3-7H,2H2,1H3;4-6H2,1-3H3/b6-4+;. The Morgan fingerprint density at radius 2 is 1.76 bits per heavy atom. The molecule has 0 aliphatic carbocycles. The fraction of sp³-hybridized carbons (Fsp3) is 0.444. The number of hydrogen-bond acceptors (Lipinski definition) is 8. The molecule has 1 aromatic carbocycles. The molecule has 0 radical (unpaired) electrons. The van der Waals surface area contributed by atoms with Crippen molar-refractivity contribution >= 4 is 31.1 Å². The summed E-state index contributed by atoms with van der Waals surface area (Å²) in [5.41, 5.74) is -0.251. The summed E-state index contributed by atoms with van der Waals surface area (Å²) in [4.78, 5) is 31.2. The van der Waals surface area contributed by atoms with Gasteiger partial charge < -0.3 is 13.8 Å². The van der Waals surface area contributed by atoms with E-state index in [0.717, 1.165) is 18.2 Å². The lowest BCUT2D eigenvalue weighted by Gasteiger charge is -2.14. The highest BCUT2D eigenvalue weighted by molar-refractivity contribution is 7.54. The maximum atomic E-state index is 13.2. The number of ketones is 1. The van der Waals surface area contributed by atoms with Crippen molar-refractivity contribution in [1.29, 1.82) is 0 Å². The Kier molecular flexibility index (Phi) is 12.6. The van der Waals surface area contributed by atoms with Gasteiger partial charge >= 0.3 is 19.3 Å². The van der Waals surface area contributed by atoms with Gasteiger partial charge in [0, 0.05) is 12.1 Å². The summed E-state index contributed by atoms with van der Waals surface area (Å²) < 4.78 is 39.2. The van der Waals surface area contributed by atoms with Crippen molar-refractivity contribution in [2.75, 3.05) is 26.0 Å². The van der Waals surface area contributed by atoms with E-state index in [9.17, 15) is 28.7 Å². The molecule has 0 amide bonds. The number of hydrogen-bond donors (Lipinski definition) is 0. The smallest absolute Gasteiger partial charge is 0.338 e. The third-order valence-corrected chi connectivity index (χ3v) is 5.07. The first kappa shape index (κ1) is 26.6. The average Bonchev–Trinajstić information content (AvgIpc) is 2.60. The molecule has 0 N–H and O–H groups in total. The SMILES string of the molecule is CCOC(=O)/C=C/c1ccc([N+](=O)[O-])c(F)c1.CCOP(=O)(CC(C)=O)OCC. The quantitative estimate of drug-likeness (QED) is 0.177. The molecule has 0 aliphatic rings. The third-order valence-electron chi connectivity index (χ3n) is 2.93. The summed E-state index contributed by atoms with van der Waals surface area (Å²) in [6, 6.07) is 3.37. The van der Waals surface area contributed by atoms with Crippen LogP contribution in [0.2, 0.25) is 0 Å². The maximum Gasteiger partial charge on any atom is 0.338 e. The number of esters is 1. The highest BCUT2D eigenvalue weighted by atomic mass is 31.2. The molecular formula is C18H25FNO8P. The van der Waals surface area contributed by atoms with Crippen molar-refractivity contribution < 1.29 is 37.3 Å². The van der Waals surface area contributed by atoms with Gasteiger partial charge in [0.2, 0.25) is 5.82 Å². The first-order valence-corrected chi connectivity index (χ1v) is 10.5. The van der Waals surface area contributed by atoms with E-state index in [1.54, 1.807) is 20.8 Å². The number of nitro benzene ring substituents is 1. The molecule has 0 unspecified atom stereocenters. The van der Waals surface area contributed by atoms with E-state index >= 15 is 0 Å². The lowest BCUT2D eigenvalue weighted by Crippen LogP contribution is -2.06. The van der Waals surface area contributed by atoms with E-state index in [0.29, 0.717) is 18.8 Å². The number of rotatable bonds is 10. The zero-order valence-electron chi connectivity index (χ0n) is 16.8. The molecule has 0 aliphatic heterocycles. The van der Waals surface area contributed by atoms with Crippen LogP contribution < -0.4 is 0 Å². The first-order valence-electron chi connectivity index (χ1n) is 8.74. The number of benzene rings is 1. The van der Waals surface area contributed by atoms with Gasteiger partial charge in [-0.2, -0.15) is 4.39 Å². The molecule has 0 bridgehead atoms. The van der Waals surface area contributed by atoms with Crippen molar-refractivity contribution in [2.45, 2.75) is 27.7 Å². The molecule has 1 rings (SSSR count). The molecule has 0 fully saturated rings. The van der Waals surface area contributed by atoms with Crippen molar-refractivity contribution in [3.63, 3.8) is 0 Å². The minimum Gasteiger partial charge on any atom is -0.463 e. The second kappa shape index (κ2) is 13.7. The van der Waals surface area contributed by atoms with Gasteiger partial charge in [0.1, 0.15) is 11.9 Å². The molecular weight excluding hydrogens is 408 g/mol. The van der Waals surface area contributed by atoms with Crippen molar-refractivity contribution in [3.05, 3.63) is 45.8 Å². The largest absolute Gasteiger partial charge is 0.463 e. The summed E-state index contributed by atoms with van der Waals surface area (Å²) in [7, 11) is -3.12. The molecule has 0 spiro atoms. The topological polar surface area (TPSA) is 122 Å². The van der Waals surface area contributed by atoms with Gasteiger partial charge in [0.25, 0.3) is 0 Å². The second-order valence-corrected chi connectivity index (χ2v) is 7.41. The Morgan fingerprint density at radius 1 is 1.17 bits per heavy atom. The minimum atomic E-state index is -3.12. The van der Waals surface area contributed by atoms with Crippen molar-refractivity contribution in [3.8, 4) is 0 Å². The Labute approximate surface area is 168 Å². The van der Waals surface area contributed by atoms with Crippen LogP contribution in [0.3, 0.4) is 0 Å². The van der Waals surface area contributed by atoms with Gasteiger partial charge in [0.05, 0.1) is 24.7 Å². The second-order valence-electron chi connectivity index (χ2n) is 5.36. The molecule has 0 heterocycles. The van der Waals surface area contributed by atoms with E-state index < -0.39 is 30.0 Å². The van der Waals surface area contributed by atoms with Crippen LogP contribution in [0.25, 0.3) is 6.08 Å². The van der Waals surface area contributed by atoms with Gasteiger partial charge in [0.15, 0.2) is 0 Å². The first-order chi connectivity index (χ1) is 13.6. The van der Waals surface area contributed by atoms with Gasteiger partial charge in [-0.3, -0.25) is 19.5 Å². The Bertz CT molecular complexity index is 771. The van der Waals surface area contributed by atoms with Gasteiger partial charge in [-0.25, -0.2) is 4.79 Å². The predicted octanol–water partition coefficient (Wildman–Crippen LogP) is 4.15. The number of halogens is 1. The molecule has 9 nitrogen and oxygen atoms in total. The summed E-state index contributed by atoms with van der Waals surface area (Å²) in [5, 5.41) is 10.4. The van der Waals surface area contributed by atoms with Crippen LogP contribution in [-0.2, 0) is 27.9 Å². The Balaban J connectivity index is 0.000000578. The predicted molar refractivity (Wildman–Crippen MR) is 105 cm³/mol. The molecule has 29 heavy (non-hydrogen) atoms.